The zero-order chi connectivity index (χ0) is 18.9. The van der Waals surface area contributed by atoms with Crippen molar-refractivity contribution in [3.05, 3.63) is 64.6 Å². The summed E-state index contributed by atoms with van der Waals surface area (Å²) in [5, 5.41) is 0.759. The van der Waals surface area contributed by atoms with E-state index in [0.29, 0.717) is 0 Å². The van der Waals surface area contributed by atoms with E-state index in [1.807, 2.05) is 11.3 Å². The van der Waals surface area contributed by atoms with Crippen LogP contribution in [0.2, 0.25) is 0 Å². The van der Waals surface area contributed by atoms with E-state index >= 15 is 0 Å². The number of rotatable bonds is 3. The number of thiophene rings is 1. The number of nitrogens with two attached hydrogens (primary N) is 1. The molecule has 27 heavy (non-hydrogen) atoms. The number of allylic oxidation sites excluding steroid dienone is 4. The summed E-state index contributed by atoms with van der Waals surface area (Å²) in [6.45, 7) is 4.16. The third-order valence-electron chi connectivity index (χ3n) is 5.50. The van der Waals surface area contributed by atoms with Crippen LogP contribution >= 0.6 is 23.1 Å². The Kier molecular flexibility index (Phi) is 5.29. The van der Waals surface area contributed by atoms with Gasteiger partial charge in [0.15, 0.2) is 5.17 Å². The first-order valence-corrected chi connectivity index (χ1v) is 11.5. The number of nitrogens with zero attached hydrogens (tertiary/aromatic N) is 1. The molecule has 0 bridgehead atoms. The van der Waals surface area contributed by atoms with Crippen LogP contribution < -0.4 is 5.73 Å². The normalized spacial score (nSPS) is 22.9. The van der Waals surface area contributed by atoms with Gasteiger partial charge in [-0.2, -0.15) is 0 Å². The lowest BCUT2D eigenvalue weighted by Gasteiger charge is -2.36. The van der Waals surface area contributed by atoms with E-state index in [1.54, 1.807) is 11.8 Å². The Morgan fingerprint density at radius 2 is 2.11 bits per heavy atom. The van der Waals surface area contributed by atoms with Crippen molar-refractivity contribution in [1.82, 2.24) is 0 Å². The topological polar surface area (TPSA) is 38.4 Å². The fourth-order valence-corrected chi connectivity index (χ4v) is 6.48. The van der Waals surface area contributed by atoms with E-state index < -0.39 is 0 Å². The predicted octanol–water partition coefficient (Wildman–Crippen LogP) is 6.38. The lowest BCUT2D eigenvalue weighted by Crippen LogP contribution is -2.33. The lowest BCUT2D eigenvalue weighted by molar-refractivity contribution is 0.373. The number of thioether (sulfide) groups is 1. The van der Waals surface area contributed by atoms with Crippen molar-refractivity contribution >= 4 is 33.8 Å². The highest BCUT2D eigenvalue weighted by Crippen LogP contribution is 2.49. The van der Waals surface area contributed by atoms with Gasteiger partial charge in [0.1, 0.15) is 0 Å². The molecule has 1 aliphatic carbocycles. The smallest absolute Gasteiger partial charge is 0.154 e. The van der Waals surface area contributed by atoms with Crippen LogP contribution in [-0.4, -0.2) is 10.9 Å². The molecule has 0 saturated carbocycles. The first kappa shape index (κ1) is 18.6. The molecule has 0 amide bonds. The van der Waals surface area contributed by atoms with Crippen LogP contribution in [0.25, 0.3) is 16.0 Å². The second-order valence-corrected chi connectivity index (χ2v) is 9.39. The molecule has 2 aromatic rings. The van der Waals surface area contributed by atoms with Crippen molar-refractivity contribution in [2.24, 2.45) is 10.7 Å². The van der Waals surface area contributed by atoms with E-state index in [2.05, 4.69) is 62.4 Å². The maximum atomic E-state index is 6.12. The van der Waals surface area contributed by atoms with E-state index in [9.17, 15) is 0 Å². The third kappa shape index (κ3) is 3.53. The van der Waals surface area contributed by atoms with Gasteiger partial charge in [-0.3, -0.25) is 4.99 Å². The molecule has 0 radical (unpaired) electrons. The third-order valence-corrected chi connectivity index (χ3v) is 7.71. The van der Waals surface area contributed by atoms with Gasteiger partial charge in [0.05, 0.1) is 5.54 Å². The molecule has 2 aliphatic rings. The fourth-order valence-electron chi connectivity index (χ4n) is 4.19. The molecule has 140 valence electrons. The van der Waals surface area contributed by atoms with Crippen LogP contribution in [0, 0.1) is 0 Å². The second-order valence-electron chi connectivity index (χ2n) is 7.22. The minimum Gasteiger partial charge on any atom is -0.379 e. The molecular weight excluding hydrogens is 368 g/mol. The summed E-state index contributed by atoms with van der Waals surface area (Å²) in [7, 11) is 0. The van der Waals surface area contributed by atoms with Gasteiger partial charge < -0.3 is 5.73 Å². The van der Waals surface area contributed by atoms with Crippen LogP contribution in [0.15, 0.2) is 53.6 Å². The molecule has 1 atom stereocenters. The minimum absolute atomic E-state index is 0.0666. The van der Waals surface area contributed by atoms with Crippen molar-refractivity contribution in [3.63, 3.8) is 0 Å². The van der Waals surface area contributed by atoms with Crippen LogP contribution in [0.3, 0.4) is 0 Å². The minimum atomic E-state index is -0.0666. The zero-order valence-corrected chi connectivity index (χ0v) is 17.6. The zero-order valence-electron chi connectivity index (χ0n) is 16.0. The van der Waals surface area contributed by atoms with E-state index in [4.69, 9.17) is 10.7 Å². The highest BCUT2D eigenvalue weighted by atomic mass is 32.2. The Hall–Kier alpha value is -1.78. The molecule has 4 rings (SSSR count). The molecule has 4 heteroatoms. The molecule has 2 N–H and O–H groups in total. The van der Waals surface area contributed by atoms with Gasteiger partial charge in [-0.25, -0.2) is 0 Å². The Bertz CT molecular complexity index is 936. The van der Waals surface area contributed by atoms with E-state index in [-0.39, 0.29) is 5.54 Å². The summed E-state index contributed by atoms with van der Waals surface area (Å²) in [5.74, 6) is 1.07. The number of hydrogen-bond acceptors (Lipinski definition) is 4. The van der Waals surface area contributed by atoms with Gasteiger partial charge in [0.25, 0.3) is 0 Å². The average molecular weight is 395 g/mol. The molecule has 1 aromatic carbocycles. The van der Waals surface area contributed by atoms with Crippen molar-refractivity contribution in [2.45, 2.75) is 45.1 Å². The second kappa shape index (κ2) is 7.69. The quantitative estimate of drug-likeness (QED) is 0.614. The van der Waals surface area contributed by atoms with Gasteiger partial charge in [-0.05, 0) is 73.9 Å². The Balaban J connectivity index is 1.76. The number of aliphatic imine (C=N–C) groups is 1. The Morgan fingerprint density at radius 3 is 2.89 bits per heavy atom. The summed E-state index contributed by atoms with van der Waals surface area (Å²) in [6, 6.07) is 11.3. The SMILES string of the molecule is CC=CC(=CC)c1cccc(-c2cc3c(s2)C2(CCC3)CCSC(N)=N2)c1. The summed E-state index contributed by atoms with van der Waals surface area (Å²) >= 11 is 3.62. The number of fused-ring (bicyclic) bond motifs is 2. The highest BCUT2D eigenvalue weighted by molar-refractivity contribution is 8.13. The average Bonchev–Trinajstić information content (AvgIpc) is 3.12. The molecule has 1 unspecified atom stereocenters. The highest BCUT2D eigenvalue weighted by Gasteiger charge is 2.40. The molecular formula is C23H26N2S2. The Labute approximate surface area is 170 Å². The van der Waals surface area contributed by atoms with Crippen molar-refractivity contribution in [2.75, 3.05) is 5.75 Å². The van der Waals surface area contributed by atoms with E-state index in [1.165, 1.54) is 38.4 Å². The van der Waals surface area contributed by atoms with Gasteiger partial charge in [0, 0.05) is 15.5 Å². The lowest BCUT2D eigenvalue weighted by atomic mass is 9.81. The van der Waals surface area contributed by atoms with Crippen LogP contribution in [0.1, 0.15) is 49.1 Å². The van der Waals surface area contributed by atoms with Gasteiger partial charge in [-0.1, -0.05) is 48.2 Å². The number of benzene rings is 1. The molecule has 1 aliphatic heterocycles. The Morgan fingerprint density at radius 1 is 1.22 bits per heavy atom. The van der Waals surface area contributed by atoms with E-state index in [0.717, 1.165) is 30.2 Å². The largest absolute Gasteiger partial charge is 0.379 e. The van der Waals surface area contributed by atoms with Crippen molar-refractivity contribution in [3.8, 4) is 10.4 Å². The monoisotopic (exact) mass is 394 g/mol. The molecule has 2 heterocycles. The maximum absolute atomic E-state index is 6.12. The molecule has 1 aromatic heterocycles. The predicted molar refractivity (Wildman–Crippen MR) is 122 cm³/mol. The number of amidine groups is 1. The van der Waals surface area contributed by atoms with Crippen LogP contribution in [0.4, 0.5) is 0 Å². The molecule has 2 nitrogen and oxygen atoms in total. The first-order valence-electron chi connectivity index (χ1n) is 9.66. The number of hydrogen-bond donors (Lipinski definition) is 1. The fraction of sp³-hybridized carbons (Fsp3) is 0.348. The first-order chi connectivity index (χ1) is 13.1. The molecule has 0 saturated heterocycles. The standard InChI is InChI=1S/C23H26N2S2/c1-3-7-16(4-2)17-8-5-9-18(14-17)20-15-19-10-6-11-23(21(19)27-20)12-13-26-22(24)25-23/h3-5,7-9,14-15H,6,10-13H2,1-2H3,(H2,24,25). The van der Waals surface area contributed by atoms with Crippen molar-refractivity contribution in [1.29, 1.82) is 0 Å². The van der Waals surface area contributed by atoms with Crippen LogP contribution in [0.5, 0.6) is 0 Å². The molecule has 1 spiro atoms. The summed E-state index contributed by atoms with van der Waals surface area (Å²) in [4.78, 5) is 7.76. The van der Waals surface area contributed by atoms with Crippen molar-refractivity contribution < 1.29 is 0 Å². The van der Waals surface area contributed by atoms with Crippen LogP contribution in [-0.2, 0) is 12.0 Å². The summed E-state index contributed by atoms with van der Waals surface area (Å²) < 4.78 is 0. The summed E-state index contributed by atoms with van der Waals surface area (Å²) in [6.07, 6.45) is 11.0. The summed E-state index contributed by atoms with van der Waals surface area (Å²) in [5.41, 5.74) is 11.4. The maximum Gasteiger partial charge on any atom is 0.154 e. The number of aryl methyl sites for hydroxylation is 1. The van der Waals surface area contributed by atoms with Gasteiger partial charge in [-0.15, -0.1) is 11.3 Å². The van der Waals surface area contributed by atoms with Gasteiger partial charge >= 0.3 is 0 Å². The van der Waals surface area contributed by atoms with Gasteiger partial charge in [0.2, 0.25) is 0 Å². The molecule has 0 fully saturated rings.